The molecular formula is C38H37N3O5S2. The lowest BCUT2D eigenvalue weighted by atomic mass is 9.95. The zero-order valence-electron chi connectivity index (χ0n) is 27.1. The van der Waals surface area contributed by atoms with Gasteiger partial charge in [-0.25, -0.2) is 0 Å². The van der Waals surface area contributed by atoms with Crippen molar-refractivity contribution in [1.82, 2.24) is 10.2 Å². The van der Waals surface area contributed by atoms with Crippen molar-refractivity contribution >= 4 is 56.5 Å². The normalized spacial score (nSPS) is 15.8. The maximum Gasteiger partial charge on any atom is 0.301 e. The second-order valence-corrected chi connectivity index (χ2v) is 14.1. The summed E-state index contributed by atoms with van der Waals surface area (Å²) in [5.74, 6) is 0.547. The average molecular weight is 680 g/mol. The predicted octanol–water partition coefficient (Wildman–Crippen LogP) is 8.82. The Morgan fingerprint density at radius 3 is 2.46 bits per heavy atom. The number of aromatic nitrogens is 2. The highest BCUT2D eigenvalue weighted by Crippen LogP contribution is 2.45. The van der Waals surface area contributed by atoms with Crippen molar-refractivity contribution in [1.29, 1.82) is 0 Å². The van der Waals surface area contributed by atoms with Gasteiger partial charge in [0.2, 0.25) is 5.13 Å². The largest absolute Gasteiger partial charge is 0.507 e. The first kappa shape index (κ1) is 33.2. The number of aliphatic hydroxyl groups is 1. The first-order valence-electron chi connectivity index (χ1n) is 16.0. The number of aliphatic hydroxyl groups excluding tert-OH is 1. The molecule has 6 rings (SSSR count). The van der Waals surface area contributed by atoms with E-state index in [1.165, 1.54) is 33.4 Å². The van der Waals surface area contributed by atoms with E-state index in [1.807, 2.05) is 49.4 Å². The summed E-state index contributed by atoms with van der Waals surface area (Å²) in [4.78, 5) is 28.9. The molecule has 0 saturated carbocycles. The molecule has 1 aromatic heterocycles. The fraction of sp³-hybridized carbons (Fsp3) is 0.263. The Hall–Kier alpha value is -4.67. The van der Waals surface area contributed by atoms with E-state index in [9.17, 15) is 14.7 Å². The fourth-order valence-corrected chi connectivity index (χ4v) is 7.40. The van der Waals surface area contributed by atoms with E-state index in [0.717, 1.165) is 23.8 Å². The molecule has 10 heteroatoms. The lowest BCUT2D eigenvalue weighted by Gasteiger charge is -2.23. The molecular weight excluding hydrogens is 643 g/mol. The number of thioether (sulfide) groups is 1. The zero-order valence-corrected chi connectivity index (χ0v) is 28.7. The number of fused-ring (bicyclic) bond motifs is 1. The number of carbonyl (C=O) groups excluding carboxylic acids is 2. The number of nitrogens with zero attached hydrogens (tertiary/aromatic N) is 3. The maximum atomic E-state index is 13.8. The predicted molar refractivity (Wildman–Crippen MR) is 192 cm³/mol. The molecule has 5 aromatic rings. The molecule has 1 N–H and O–H groups in total. The standard InChI is InChI=1S/C38H37N3O5S2/c1-4-20-45-29-17-15-26(16-18-29)34(42)32-33(27-11-8-13-30(22-27)46-21-19-24(2)3)41(36(44)35(32)43)37-39-40-38(48-37)47-23-28-12-7-10-25-9-5-6-14-31(25)28/h5-18,22,24,33,42H,4,19-21,23H2,1-3H3. The van der Waals surface area contributed by atoms with Gasteiger partial charge in [-0.2, -0.15) is 0 Å². The number of anilines is 1. The van der Waals surface area contributed by atoms with E-state index < -0.39 is 17.7 Å². The Balaban J connectivity index is 1.35. The average Bonchev–Trinajstić information content (AvgIpc) is 3.67. The quantitative estimate of drug-likeness (QED) is 0.0433. The molecule has 1 atom stereocenters. The molecule has 1 saturated heterocycles. The molecule has 1 unspecified atom stereocenters. The summed E-state index contributed by atoms with van der Waals surface area (Å²) in [6.07, 6.45) is 1.74. The van der Waals surface area contributed by atoms with Crippen molar-refractivity contribution in [3.05, 3.63) is 113 Å². The van der Waals surface area contributed by atoms with Gasteiger partial charge in [0.15, 0.2) is 4.34 Å². The van der Waals surface area contributed by atoms with E-state index >= 15 is 0 Å². The summed E-state index contributed by atoms with van der Waals surface area (Å²) in [5.41, 5.74) is 2.15. The van der Waals surface area contributed by atoms with E-state index in [1.54, 1.807) is 24.3 Å². The second-order valence-electron chi connectivity index (χ2n) is 11.9. The molecule has 1 amide bonds. The third-order valence-electron chi connectivity index (χ3n) is 8.02. The van der Waals surface area contributed by atoms with E-state index in [-0.39, 0.29) is 16.5 Å². The van der Waals surface area contributed by atoms with Crippen LogP contribution in [0.25, 0.3) is 16.5 Å². The van der Waals surface area contributed by atoms with Crippen molar-refractivity contribution < 1.29 is 24.2 Å². The van der Waals surface area contributed by atoms with Gasteiger partial charge < -0.3 is 14.6 Å². The fourth-order valence-electron chi connectivity index (χ4n) is 5.53. The van der Waals surface area contributed by atoms with Gasteiger partial charge in [-0.1, -0.05) is 98.5 Å². The Labute approximate surface area is 288 Å². The first-order valence-corrected chi connectivity index (χ1v) is 17.8. The van der Waals surface area contributed by atoms with E-state index in [4.69, 9.17) is 9.47 Å². The topological polar surface area (TPSA) is 102 Å². The summed E-state index contributed by atoms with van der Waals surface area (Å²) in [6, 6.07) is 27.7. The van der Waals surface area contributed by atoms with Crippen molar-refractivity contribution in [2.45, 2.75) is 49.7 Å². The number of ketones is 1. The monoisotopic (exact) mass is 679 g/mol. The first-order chi connectivity index (χ1) is 23.3. The van der Waals surface area contributed by atoms with Crippen LogP contribution >= 0.6 is 23.1 Å². The van der Waals surface area contributed by atoms with Crippen LogP contribution in [-0.4, -0.2) is 40.2 Å². The molecule has 2 heterocycles. The van der Waals surface area contributed by atoms with Gasteiger partial charge >= 0.3 is 5.91 Å². The van der Waals surface area contributed by atoms with Crippen molar-refractivity contribution in [2.24, 2.45) is 5.92 Å². The summed E-state index contributed by atoms with van der Waals surface area (Å²) in [6.45, 7) is 7.38. The Bertz CT molecular complexity index is 1950. The van der Waals surface area contributed by atoms with Crippen LogP contribution in [0.4, 0.5) is 5.13 Å². The van der Waals surface area contributed by atoms with Crippen LogP contribution in [0.2, 0.25) is 0 Å². The van der Waals surface area contributed by atoms with Crippen LogP contribution in [0.15, 0.2) is 101 Å². The number of amides is 1. The van der Waals surface area contributed by atoms with Crippen LogP contribution in [0.1, 0.15) is 56.3 Å². The van der Waals surface area contributed by atoms with Crippen LogP contribution in [0.3, 0.4) is 0 Å². The molecule has 246 valence electrons. The highest BCUT2D eigenvalue weighted by Gasteiger charge is 2.48. The number of benzene rings is 4. The summed E-state index contributed by atoms with van der Waals surface area (Å²) < 4.78 is 12.4. The minimum Gasteiger partial charge on any atom is -0.507 e. The number of hydrogen-bond acceptors (Lipinski definition) is 9. The van der Waals surface area contributed by atoms with Gasteiger partial charge in [0, 0.05) is 11.3 Å². The van der Waals surface area contributed by atoms with Gasteiger partial charge in [0.1, 0.15) is 17.3 Å². The van der Waals surface area contributed by atoms with Gasteiger partial charge in [-0.3, -0.25) is 14.5 Å². The Morgan fingerprint density at radius 2 is 1.67 bits per heavy atom. The summed E-state index contributed by atoms with van der Waals surface area (Å²) in [5, 5.41) is 23.0. The lowest BCUT2D eigenvalue weighted by Crippen LogP contribution is -2.29. The molecule has 1 fully saturated rings. The zero-order chi connectivity index (χ0) is 33.6. The smallest absolute Gasteiger partial charge is 0.301 e. The van der Waals surface area contributed by atoms with Gasteiger partial charge in [0.25, 0.3) is 5.78 Å². The molecule has 1 aliphatic heterocycles. The minimum absolute atomic E-state index is 0.0262. The van der Waals surface area contributed by atoms with Crippen LogP contribution < -0.4 is 14.4 Å². The molecule has 48 heavy (non-hydrogen) atoms. The van der Waals surface area contributed by atoms with Crippen molar-refractivity contribution in [3.8, 4) is 11.5 Å². The maximum absolute atomic E-state index is 13.8. The molecule has 0 aliphatic carbocycles. The Morgan fingerprint density at radius 1 is 0.917 bits per heavy atom. The number of Topliss-reactive ketones (excluding diaryl/α,β-unsaturated/α-hetero) is 1. The van der Waals surface area contributed by atoms with Gasteiger partial charge in [-0.15, -0.1) is 10.2 Å². The highest BCUT2D eigenvalue weighted by molar-refractivity contribution is 8.00. The molecule has 0 radical (unpaired) electrons. The number of ether oxygens (including phenoxy) is 2. The minimum atomic E-state index is -0.946. The summed E-state index contributed by atoms with van der Waals surface area (Å²) >= 11 is 2.76. The van der Waals surface area contributed by atoms with Crippen LogP contribution in [0, 0.1) is 5.92 Å². The Kier molecular flexibility index (Phi) is 10.4. The van der Waals surface area contributed by atoms with Gasteiger partial charge in [-0.05, 0) is 77.1 Å². The van der Waals surface area contributed by atoms with E-state index in [0.29, 0.717) is 51.9 Å². The number of carbonyl (C=O) groups is 2. The van der Waals surface area contributed by atoms with Crippen molar-refractivity contribution in [2.75, 3.05) is 18.1 Å². The molecule has 0 spiro atoms. The van der Waals surface area contributed by atoms with Gasteiger partial charge in [0.05, 0.1) is 24.8 Å². The van der Waals surface area contributed by atoms with E-state index in [2.05, 4.69) is 48.3 Å². The van der Waals surface area contributed by atoms with Crippen LogP contribution in [0.5, 0.6) is 11.5 Å². The third kappa shape index (κ3) is 7.24. The van der Waals surface area contributed by atoms with Crippen LogP contribution in [-0.2, 0) is 15.3 Å². The molecule has 1 aliphatic rings. The SMILES string of the molecule is CCCOc1ccc(C(O)=C2C(=O)C(=O)N(c3nnc(SCc4cccc5ccccc45)s3)C2c2cccc(OCCC(C)C)c2)cc1. The highest BCUT2D eigenvalue weighted by atomic mass is 32.2. The third-order valence-corrected chi connectivity index (χ3v) is 10.1. The second kappa shape index (κ2) is 15.0. The number of rotatable bonds is 13. The lowest BCUT2D eigenvalue weighted by molar-refractivity contribution is -0.132. The number of hydrogen-bond donors (Lipinski definition) is 1. The summed E-state index contributed by atoms with van der Waals surface area (Å²) in [7, 11) is 0. The molecule has 8 nitrogen and oxygen atoms in total. The molecule has 0 bridgehead atoms. The molecule has 4 aromatic carbocycles. The van der Waals surface area contributed by atoms with Crippen molar-refractivity contribution in [3.63, 3.8) is 0 Å².